The standard InChI is InChI=1S/C14H21NO/c1-10(2)14(12(4)16)15-9-13-8-6-5-7-11(13)3/h5-8,10,14-15H,9H2,1-4H3. The molecule has 1 aromatic rings. The summed E-state index contributed by atoms with van der Waals surface area (Å²) in [5.41, 5.74) is 2.52. The fraction of sp³-hybridized carbons (Fsp3) is 0.500. The largest absolute Gasteiger partial charge is 0.303 e. The number of carbonyl (C=O) groups is 1. The highest BCUT2D eigenvalue weighted by atomic mass is 16.1. The van der Waals surface area contributed by atoms with Crippen LogP contribution in [-0.4, -0.2) is 11.8 Å². The first-order chi connectivity index (χ1) is 7.52. The van der Waals surface area contributed by atoms with E-state index < -0.39 is 0 Å². The molecule has 1 rings (SSSR count). The summed E-state index contributed by atoms with van der Waals surface area (Å²) in [6.07, 6.45) is 0. The number of ketones is 1. The molecule has 0 saturated heterocycles. The lowest BCUT2D eigenvalue weighted by Crippen LogP contribution is -2.39. The second kappa shape index (κ2) is 5.80. The van der Waals surface area contributed by atoms with Gasteiger partial charge in [-0.1, -0.05) is 38.1 Å². The molecule has 0 saturated carbocycles. The van der Waals surface area contributed by atoms with E-state index in [0.29, 0.717) is 5.92 Å². The van der Waals surface area contributed by atoms with Gasteiger partial charge in [0.2, 0.25) is 0 Å². The van der Waals surface area contributed by atoms with Crippen LogP contribution in [0.5, 0.6) is 0 Å². The molecule has 0 fully saturated rings. The van der Waals surface area contributed by atoms with E-state index in [2.05, 4.69) is 38.2 Å². The molecular weight excluding hydrogens is 198 g/mol. The van der Waals surface area contributed by atoms with Gasteiger partial charge in [0, 0.05) is 6.54 Å². The lowest BCUT2D eigenvalue weighted by molar-refractivity contribution is -0.120. The Kier molecular flexibility index (Phi) is 4.69. The van der Waals surface area contributed by atoms with E-state index in [-0.39, 0.29) is 11.8 Å². The predicted molar refractivity (Wildman–Crippen MR) is 67.3 cm³/mol. The van der Waals surface area contributed by atoms with E-state index in [4.69, 9.17) is 0 Å². The minimum Gasteiger partial charge on any atom is -0.303 e. The maximum atomic E-state index is 11.4. The van der Waals surface area contributed by atoms with Crippen LogP contribution in [0.3, 0.4) is 0 Å². The minimum atomic E-state index is -0.0420. The van der Waals surface area contributed by atoms with Gasteiger partial charge in [0.15, 0.2) is 0 Å². The van der Waals surface area contributed by atoms with Gasteiger partial charge in [-0.05, 0) is 30.9 Å². The Morgan fingerprint density at radius 1 is 1.31 bits per heavy atom. The van der Waals surface area contributed by atoms with Gasteiger partial charge in [0.05, 0.1) is 6.04 Å². The number of Topliss-reactive ketones (excluding diaryl/α,β-unsaturated/α-hetero) is 1. The maximum absolute atomic E-state index is 11.4. The number of rotatable bonds is 5. The summed E-state index contributed by atoms with van der Waals surface area (Å²) in [6, 6.07) is 8.21. The third kappa shape index (κ3) is 3.46. The highest BCUT2D eigenvalue weighted by molar-refractivity contribution is 5.81. The Balaban J connectivity index is 2.63. The van der Waals surface area contributed by atoms with Gasteiger partial charge < -0.3 is 5.32 Å². The highest BCUT2D eigenvalue weighted by Crippen LogP contribution is 2.09. The molecule has 0 heterocycles. The van der Waals surface area contributed by atoms with Crippen molar-refractivity contribution in [1.29, 1.82) is 0 Å². The van der Waals surface area contributed by atoms with E-state index in [1.807, 2.05) is 12.1 Å². The predicted octanol–water partition coefficient (Wildman–Crippen LogP) is 2.70. The molecular formula is C14H21NO. The van der Waals surface area contributed by atoms with E-state index in [1.165, 1.54) is 11.1 Å². The van der Waals surface area contributed by atoms with Crippen molar-refractivity contribution in [2.45, 2.75) is 40.3 Å². The topological polar surface area (TPSA) is 29.1 Å². The number of hydrogen-bond donors (Lipinski definition) is 1. The minimum absolute atomic E-state index is 0.0420. The molecule has 1 atom stereocenters. The van der Waals surface area contributed by atoms with E-state index >= 15 is 0 Å². The summed E-state index contributed by atoms with van der Waals surface area (Å²) in [7, 11) is 0. The van der Waals surface area contributed by atoms with Gasteiger partial charge in [-0.2, -0.15) is 0 Å². The van der Waals surface area contributed by atoms with Crippen molar-refractivity contribution < 1.29 is 4.79 Å². The van der Waals surface area contributed by atoms with Crippen molar-refractivity contribution in [1.82, 2.24) is 5.32 Å². The number of nitrogens with one attached hydrogen (secondary N) is 1. The molecule has 0 radical (unpaired) electrons. The molecule has 0 bridgehead atoms. The van der Waals surface area contributed by atoms with Gasteiger partial charge in [0.25, 0.3) is 0 Å². The lowest BCUT2D eigenvalue weighted by Gasteiger charge is -2.20. The number of hydrogen-bond acceptors (Lipinski definition) is 2. The quantitative estimate of drug-likeness (QED) is 0.825. The molecule has 16 heavy (non-hydrogen) atoms. The molecule has 2 heteroatoms. The Morgan fingerprint density at radius 3 is 2.44 bits per heavy atom. The monoisotopic (exact) mass is 219 g/mol. The summed E-state index contributed by atoms with van der Waals surface area (Å²) in [5, 5.41) is 3.33. The van der Waals surface area contributed by atoms with Crippen LogP contribution in [0, 0.1) is 12.8 Å². The van der Waals surface area contributed by atoms with Gasteiger partial charge in [-0.25, -0.2) is 0 Å². The summed E-state index contributed by atoms with van der Waals surface area (Å²) in [4.78, 5) is 11.4. The van der Waals surface area contributed by atoms with Crippen LogP contribution >= 0.6 is 0 Å². The number of carbonyl (C=O) groups excluding carboxylic acids is 1. The summed E-state index contributed by atoms with van der Waals surface area (Å²) in [6.45, 7) is 8.63. The van der Waals surface area contributed by atoms with Crippen LogP contribution < -0.4 is 5.32 Å². The molecule has 0 aromatic heterocycles. The molecule has 0 aliphatic carbocycles. The van der Waals surface area contributed by atoms with Crippen LogP contribution in [0.25, 0.3) is 0 Å². The Labute approximate surface area is 98.1 Å². The van der Waals surface area contributed by atoms with E-state index in [0.717, 1.165) is 6.54 Å². The number of benzene rings is 1. The molecule has 1 N–H and O–H groups in total. The van der Waals surface area contributed by atoms with Gasteiger partial charge in [-0.15, -0.1) is 0 Å². The molecule has 1 aromatic carbocycles. The SMILES string of the molecule is CC(=O)C(NCc1ccccc1C)C(C)C. The third-order valence-corrected chi connectivity index (χ3v) is 2.88. The first-order valence-electron chi connectivity index (χ1n) is 5.80. The van der Waals surface area contributed by atoms with Gasteiger partial charge >= 0.3 is 0 Å². The van der Waals surface area contributed by atoms with Crippen LogP contribution in [-0.2, 0) is 11.3 Å². The van der Waals surface area contributed by atoms with Crippen LogP contribution in [0.2, 0.25) is 0 Å². The van der Waals surface area contributed by atoms with Crippen LogP contribution in [0.15, 0.2) is 24.3 Å². The first-order valence-corrected chi connectivity index (χ1v) is 5.80. The fourth-order valence-electron chi connectivity index (χ4n) is 1.88. The molecule has 0 amide bonds. The smallest absolute Gasteiger partial charge is 0.146 e. The van der Waals surface area contributed by atoms with Crippen molar-refractivity contribution in [2.24, 2.45) is 5.92 Å². The van der Waals surface area contributed by atoms with Crippen molar-refractivity contribution >= 4 is 5.78 Å². The first kappa shape index (κ1) is 12.9. The summed E-state index contributed by atoms with van der Waals surface area (Å²) >= 11 is 0. The van der Waals surface area contributed by atoms with E-state index in [1.54, 1.807) is 6.92 Å². The summed E-state index contributed by atoms with van der Waals surface area (Å²) in [5.74, 6) is 0.546. The molecule has 0 aliphatic heterocycles. The van der Waals surface area contributed by atoms with Crippen molar-refractivity contribution in [2.75, 3.05) is 0 Å². The summed E-state index contributed by atoms with van der Waals surface area (Å²) < 4.78 is 0. The zero-order chi connectivity index (χ0) is 12.1. The van der Waals surface area contributed by atoms with Crippen molar-refractivity contribution in [3.63, 3.8) is 0 Å². The maximum Gasteiger partial charge on any atom is 0.146 e. The average molecular weight is 219 g/mol. The van der Waals surface area contributed by atoms with Crippen LogP contribution in [0.1, 0.15) is 31.9 Å². The van der Waals surface area contributed by atoms with Crippen molar-refractivity contribution in [3.05, 3.63) is 35.4 Å². The normalized spacial score (nSPS) is 12.8. The Morgan fingerprint density at radius 2 is 1.94 bits per heavy atom. The van der Waals surface area contributed by atoms with Gasteiger partial charge in [0.1, 0.15) is 5.78 Å². The zero-order valence-corrected chi connectivity index (χ0v) is 10.6. The second-order valence-electron chi connectivity index (χ2n) is 4.64. The fourth-order valence-corrected chi connectivity index (χ4v) is 1.88. The lowest BCUT2D eigenvalue weighted by atomic mass is 10.00. The molecule has 88 valence electrons. The number of aryl methyl sites for hydroxylation is 1. The average Bonchev–Trinajstić information content (AvgIpc) is 2.20. The third-order valence-electron chi connectivity index (χ3n) is 2.88. The van der Waals surface area contributed by atoms with Gasteiger partial charge in [-0.3, -0.25) is 4.79 Å². The van der Waals surface area contributed by atoms with Crippen molar-refractivity contribution in [3.8, 4) is 0 Å². The highest BCUT2D eigenvalue weighted by Gasteiger charge is 2.17. The van der Waals surface area contributed by atoms with Crippen LogP contribution in [0.4, 0.5) is 0 Å². The second-order valence-corrected chi connectivity index (χ2v) is 4.64. The Bertz CT molecular complexity index is 358. The molecule has 0 aliphatic rings. The molecule has 2 nitrogen and oxygen atoms in total. The Hall–Kier alpha value is -1.15. The van der Waals surface area contributed by atoms with E-state index in [9.17, 15) is 4.79 Å². The zero-order valence-electron chi connectivity index (χ0n) is 10.6. The molecule has 0 spiro atoms. The molecule has 1 unspecified atom stereocenters.